The Morgan fingerprint density at radius 3 is 2.06 bits per heavy atom. The van der Waals surface area contributed by atoms with Crippen molar-refractivity contribution in [2.75, 3.05) is 0 Å². The van der Waals surface area contributed by atoms with Gasteiger partial charge in [-0.15, -0.1) is 0 Å². The minimum atomic E-state index is -1.38. The van der Waals surface area contributed by atoms with Crippen molar-refractivity contribution in [1.82, 2.24) is 4.72 Å². The van der Waals surface area contributed by atoms with Gasteiger partial charge in [0.25, 0.3) is 0 Å². The number of nitrogens with one attached hydrogen (secondary N) is 1. The zero-order chi connectivity index (χ0) is 27.7. The van der Waals surface area contributed by atoms with Crippen LogP contribution in [0.15, 0.2) is 89.5 Å². The molecule has 0 heterocycles. The second-order valence-electron chi connectivity index (χ2n) is 8.06. The van der Waals surface area contributed by atoms with Crippen LogP contribution in [0.1, 0.15) is 67.4 Å². The Kier molecular flexibility index (Phi) is 17.1. The number of hydrogen-bond acceptors (Lipinski definition) is 2. The van der Waals surface area contributed by atoms with Crippen LogP contribution in [0.25, 0.3) is 10.8 Å². The topological polar surface area (TPSA) is 38.3 Å². The lowest BCUT2D eigenvalue weighted by atomic mass is 10.1. The summed E-state index contributed by atoms with van der Waals surface area (Å²) in [5, 5.41) is 1.18. The second kappa shape index (κ2) is 18.5. The van der Waals surface area contributed by atoms with Crippen molar-refractivity contribution < 1.29 is 13.3 Å². The zero-order valence-corrected chi connectivity index (χ0v) is 24.3. The lowest BCUT2D eigenvalue weighted by molar-refractivity contribution is 0.430. The molecule has 0 aliphatic rings. The van der Waals surface area contributed by atoms with Gasteiger partial charge in [0.05, 0.1) is 10.7 Å². The summed E-state index contributed by atoms with van der Waals surface area (Å²) in [6.07, 6.45) is 3.23. The van der Waals surface area contributed by atoms with Crippen molar-refractivity contribution in [3.05, 3.63) is 96.0 Å². The zero-order valence-electron chi connectivity index (χ0n) is 23.4. The van der Waals surface area contributed by atoms with Crippen LogP contribution in [0.5, 0.6) is 5.75 Å². The summed E-state index contributed by atoms with van der Waals surface area (Å²) in [5.41, 5.74) is 2.35. The Morgan fingerprint density at radius 1 is 1.03 bits per heavy atom. The Labute approximate surface area is 221 Å². The molecule has 2 atom stereocenters. The first kappa shape index (κ1) is 33.2. The Balaban J connectivity index is 0.000000645. The molecule has 5 heteroatoms. The fraction of sp³-hybridized carbons (Fsp3) is 0.355. The summed E-state index contributed by atoms with van der Waals surface area (Å²) in [5.74, 6) is 1.27. The van der Waals surface area contributed by atoms with Crippen LogP contribution in [-0.2, 0) is 11.0 Å². The predicted molar refractivity (Wildman–Crippen MR) is 156 cm³/mol. The summed E-state index contributed by atoms with van der Waals surface area (Å²) in [4.78, 5) is 0.609. The highest BCUT2D eigenvalue weighted by Crippen LogP contribution is 2.24. The quantitative estimate of drug-likeness (QED) is 0.263. The molecule has 3 rings (SSSR count). The molecule has 0 bridgehead atoms. The molecule has 0 aliphatic heterocycles. The van der Waals surface area contributed by atoms with E-state index < -0.39 is 11.0 Å². The minimum absolute atomic E-state index is 0.00430. The van der Waals surface area contributed by atoms with Gasteiger partial charge in [-0.1, -0.05) is 94.3 Å². The van der Waals surface area contributed by atoms with Crippen LogP contribution in [-0.4, -0.2) is 10.3 Å². The van der Waals surface area contributed by atoms with E-state index in [1.54, 1.807) is 24.3 Å². The lowest BCUT2D eigenvalue weighted by Crippen LogP contribution is -2.29. The van der Waals surface area contributed by atoms with Gasteiger partial charge < -0.3 is 4.74 Å². The molecule has 3 nitrogen and oxygen atoms in total. The molecule has 3 aromatic rings. The molecule has 3 aromatic carbocycles. The van der Waals surface area contributed by atoms with E-state index in [2.05, 4.69) is 25.1 Å². The van der Waals surface area contributed by atoms with Gasteiger partial charge in [-0.2, -0.15) is 0 Å². The highest BCUT2D eigenvalue weighted by Gasteiger charge is 2.14. The van der Waals surface area contributed by atoms with Gasteiger partial charge in [-0.05, 0) is 58.9 Å². The third kappa shape index (κ3) is 11.8. The van der Waals surface area contributed by atoms with Gasteiger partial charge in [0, 0.05) is 16.8 Å². The molecule has 0 spiro atoms. The van der Waals surface area contributed by atoms with Crippen LogP contribution in [0, 0.1) is 12.7 Å². The molecule has 1 N–H and O–H groups in total. The van der Waals surface area contributed by atoms with E-state index in [4.69, 9.17) is 4.74 Å². The first-order chi connectivity index (χ1) is 17.1. The summed E-state index contributed by atoms with van der Waals surface area (Å²) >= 11 is 0. The molecule has 2 unspecified atom stereocenters. The van der Waals surface area contributed by atoms with Crippen molar-refractivity contribution in [2.45, 2.75) is 79.7 Å². The smallest absolute Gasteiger partial charge is 0.131 e. The molecule has 0 saturated heterocycles. The van der Waals surface area contributed by atoms with Crippen LogP contribution in [0.3, 0.4) is 0 Å². The Morgan fingerprint density at radius 2 is 1.56 bits per heavy atom. The van der Waals surface area contributed by atoms with Crippen molar-refractivity contribution in [1.29, 1.82) is 0 Å². The highest BCUT2D eigenvalue weighted by atomic mass is 32.2. The van der Waals surface area contributed by atoms with E-state index in [1.165, 1.54) is 18.1 Å². The maximum Gasteiger partial charge on any atom is 0.131 e. The fourth-order valence-corrected chi connectivity index (χ4v) is 3.97. The monoisotopic (exact) mass is 513 g/mol. The molecular weight excluding hydrogens is 469 g/mol. The first-order valence-electron chi connectivity index (χ1n) is 12.5. The van der Waals surface area contributed by atoms with Gasteiger partial charge in [0.1, 0.15) is 22.6 Å². The summed E-state index contributed by atoms with van der Waals surface area (Å²) < 4.78 is 34.5. The standard InChI is InChI=1S/C16H18FNOS.C10H12O.C3H8.C2H6/c1-4-11(2)12(3)18-20(19)16-10-9-15(17)13-7-5-6-8-14(13)16;1-8(2)11-10-6-4-9(3)5-7-10;1-3-2;1-2/h4-10,12,18H,1-3H3;4-7H,1H2,2-3H3;3H2,1-2H3;1-2H3/b11-4+;;;. The molecule has 198 valence electrons. The van der Waals surface area contributed by atoms with Crippen LogP contribution >= 0.6 is 0 Å². The predicted octanol–water partition coefficient (Wildman–Crippen LogP) is 9.30. The maximum absolute atomic E-state index is 13.7. The van der Waals surface area contributed by atoms with Crippen LogP contribution in [0.2, 0.25) is 0 Å². The summed E-state index contributed by atoms with van der Waals surface area (Å²) in [7, 11) is -1.38. The van der Waals surface area contributed by atoms with E-state index in [1.807, 2.05) is 84.9 Å². The van der Waals surface area contributed by atoms with Gasteiger partial charge in [0.2, 0.25) is 0 Å². The minimum Gasteiger partial charge on any atom is -0.463 e. The Bertz CT molecular complexity index is 1110. The fourth-order valence-electron chi connectivity index (χ4n) is 2.77. The number of fused-ring (bicyclic) bond motifs is 1. The van der Waals surface area contributed by atoms with Gasteiger partial charge in [-0.25, -0.2) is 13.3 Å². The Hall–Kier alpha value is -2.76. The molecule has 0 fully saturated rings. The van der Waals surface area contributed by atoms with E-state index in [0.717, 1.165) is 11.3 Å². The maximum atomic E-state index is 13.7. The average molecular weight is 514 g/mol. The van der Waals surface area contributed by atoms with E-state index in [9.17, 15) is 8.60 Å². The third-order valence-corrected chi connectivity index (χ3v) is 6.09. The van der Waals surface area contributed by atoms with Crippen LogP contribution in [0.4, 0.5) is 4.39 Å². The molecule has 0 aromatic heterocycles. The van der Waals surface area contributed by atoms with E-state index in [0.29, 0.717) is 21.4 Å². The normalized spacial score (nSPS) is 12.0. The van der Waals surface area contributed by atoms with Gasteiger partial charge >= 0.3 is 0 Å². The SMILES string of the molecule is C/C=C(\C)C(C)NS(=O)c1ccc(F)c2ccccc12.C=C(C)Oc1ccc(C)cc1.CC.CCC. The summed E-state index contributed by atoms with van der Waals surface area (Å²) in [6, 6.07) is 17.9. The average Bonchev–Trinajstić information content (AvgIpc) is 2.87. The molecular formula is C31H44FNO2S. The molecule has 0 saturated carbocycles. The lowest BCUT2D eigenvalue weighted by Gasteiger charge is -2.15. The van der Waals surface area contributed by atoms with Gasteiger partial charge in [0.15, 0.2) is 0 Å². The second-order valence-corrected chi connectivity index (χ2v) is 9.27. The van der Waals surface area contributed by atoms with Crippen molar-refractivity contribution in [3.63, 3.8) is 0 Å². The number of ether oxygens (including phenoxy) is 1. The van der Waals surface area contributed by atoms with Crippen molar-refractivity contribution in [3.8, 4) is 5.75 Å². The largest absolute Gasteiger partial charge is 0.463 e. The third-order valence-electron chi connectivity index (χ3n) is 4.77. The number of rotatable bonds is 6. The number of allylic oxidation sites excluding steroid dienone is 2. The molecule has 0 amide bonds. The van der Waals surface area contributed by atoms with E-state index >= 15 is 0 Å². The first-order valence-corrected chi connectivity index (χ1v) is 13.7. The molecule has 0 radical (unpaired) electrons. The van der Waals surface area contributed by atoms with Crippen molar-refractivity contribution in [2.24, 2.45) is 0 Å². The summed E-state index contributed by atoms with van der Waals surface area (Å²) in [6.45, 7) is 21.7. The number of benzene rings is 3. The molecule has 0 aliphatic carbocycles. The van der Waals surface area contributed by atoms with Crippen LogP contribution < -0.4 is 9.46 Å². The van der Waals surface area contributed by atoms with Crippen molar-refractivity contribution >= 4 is 21.8 Å². The van der Waals surface area contributed by atoms with Gasteiger partial charge in [-0.3, -0.25) is 0 Å². The van der Waals surface area contributed by atoms with E-state index in [-0.39, 0.29) is 11.9 Å². The highest BCUT2D eigenvalue weighted by molar-refractivity contribution is 7.83. The molecule has 36 heavy (non-hydrogen) atoms. The number of hydrogen-bond donors (Lipinski definition) is 1. The number of aryl methyl sites for hydroxylation is 1. The number of halogens is 1.